The number of aromatic nitrogens is 2. The highest BCUT2D eigenvalue weighted by atomic mass is 16.5. The lowest BCUT2D eigenvalue weighted by Gasteiger charge is -2.19. The van der Waals surface area contributed by atoms with E-state index in [1.165, 1.54) is 5.56 Å². The van der Waals surface area contributed by atoms with Crippen LogP contribution in [0.15, 0.2) is 54.6 Å². The van der Waals surface area contributed by atoms with E-state index in [9.17, 15) is 4.79 Å². The largest absolute Gasteiger partial charge is 0.497 e. The first kappa shape index (κ1) is 22.4. The SMILES string of the molecule is COc1ccc(-n2nc(C(C)(C)C)cc2NC(=O)Nc2ccc(C(C)(C)C)cc2)cc1. The summed E-state index contributed by atoms with van der Waals surface area (Å²) < 4.78 is 6.98. The molecule has 0 atom stereocenters. The summed E-state index contributed by atoms with van der Waals surface area (Å²) in [4.78, 5) is 12.7. The Labute approximate surface area is 184 Å². The summed E-state index contributed by atoms with van der Waals surface area (Å²) in [7, 11) is 1.63. The van der Waals surface area contributed by atoms with Gasteiger partial charge in [0, 0.05) is 17.2 Å². The molecule has 0 fully saturated rings. The molecule has 0 bridgehead atoms. The van der Waals surface area contributed by atoms with E-state index in [0.29, 0.717) is 5.82 Å². The summed E-state index contributed by atoms with van der Waals surface area (Å²) in [6, 6.07) is 17.1. The molecule has 0 aliphatic rings. The van der Waals surface area contributed by atoms with Crippen LogP contribution in [0.25, 0.3) is 5.69 Å². The number of carbonyl (C=O) groups excluding carboxylic acids is 1. The zero-order valence-electron chi connectivity index (χ0n) is 19.4. The zero-order chi connectivity index (χ0) is 22.8. The van der Waals surface area contributed by atoms with Crippen LogP contribution in [-0.2, 0) is 10.8 Å². The lowest BCUT2D eigenvalue weighted by Crippen LogP contribution is -2.21. The monoisotopic (exact) mass is 420 g/mol. The molecule has 0 unspecified atom stereocenters. The average molecular weight is 421 g/mol. The van der Waals surface area contributed by atoms with Gasteiger partial charge in [-0.25, -0.2) is 9.48 Å². The fraction of sp³-hybridized carbons (Fsp3) is 0.360. The molecule has 3 rings (SSSR count). The van der Waals surface area contributed by atoms with E-state index in [1.54, 1.807) is 11.8 Å². The number of nitrogens with one attached hydrogen (secondary N) is 2. The normalized spacial score (nSPS) is 11.8. The molecule has 2 N–H and O–H groups in total. The molecule has 0 saturated heterocycles. The van der Waals surface area contributed by atoms with Gasteiger partial charge in [-0.05, 0) is 47.4 Å². The van der Waals surface area contributed by atoms with Crippen molar-refractivity contribution >= 4 is 17.5 Å². The highest BCUT2D eigenvalue weighted by Crippen LogP contribution is 2.27. The van der Waals surface area contributed by atoms with Crippen molar-refractivity contribution < 1.29 is 9.53 Å². The molecule has 2 amide bonds. The van der Waals surface area contributed by atoms with Gasteiger partial charge in [0.2, 0.25) is 0 Å². The number of methoxy groups -OCH3 is 1. The van der Waals surface area contributed by atoms with E-state index in [4.69, 9.17) is 9.84 Å². The van der Waals surface area contributed by atoms with E-state index in [0.717, 1.165) is 22.8 Å². The molecule has 0 aliphatic carbocycles. The second-order valence-electron chi connectivity index (χ2n) is 9.68. The maximum absolute atomic E-state index is 12.7. The first-order valence-electron chi connectivity index (χ1n) is 10.4. The molecule has 0 saturated carbocycles. The number of anilines is 2. The smallest absolute Gasteiger partial charge is 0.324 e. The molecule has 1 heterocycles. The van der Waals surface area contributed by atoms with Crippen molar-refractivity contribution in [1.82, 2.24) is 9.78 Å². The van der Waals surface area contributed by atoms with Gasteiger partial charge < -0.3 is 10.1 Å². The average Bonchev–Trinajstić information content (AvgIpc) is 3.12. The van der Waals surface area contributed by atoms with Gasteiger partial charge in [0.15, 0.2) is 0 Å². The first-order chi connectivity index (χ1) is 14.5. The number of hydrogen-bond acceptors (Lipinski definition) is 3. The zero-order valence-corrected chi connectivity index (χ0v) is 19.4. The summed E-state index contributed by atoms with van der Waals surface area (Å²) in [5.41, 5.74) is 3.57. The summed E-state index contributed by atoms with van der Waals surface area (Å²) in [6.07, 6.45) is 0. The minimum atomic E-state index is -0.321. The number of hydrogen-bond donors (Lipinski definition) is 2. The van der Waals surface area contributed by atoms with Crippen molar-refractivity contribution in [2.24, 2.45) is 0 Å². The van der Waals surface area contributed by atoms with E-state index in [1.807, 2.05) is 54.6 Å². The van der Waals surface area contributed by atoms with Gasteiger partial charge in [0.05, 0.1) is 18.5 Å². The predicted octanol–water partition coefficient (Wildman–Crippen LogP) is 6.12. The number of urea groups is 1. The maximum Gasteiger partial charge on any atom is 0.324 e. The molecule has 6 nitrogen and oxygen atoms in total. The van der Waals surface area contributed by atoms with Crippen LogP contribution in [0.2, 0.25) is 0 Å². The summed E-state index contributed by atoms with van der Waals surface area (Å²) >= 11 is 0. The van der Waals surface area contributed by atoms with Crippen LogP contribution in [0.3, 0.4) is 0 Å². The Kier molecular flexibility index (Phi) is 6.11. The molecule has 2 aromatic carbocycles. The third kappa shape index (κ3) is 5.45. The molecule has 164 valence electrons. The van der Waals surface area contributed by atoms with E-state index >= 15 is 0 Å². The molecule has 0 spiro atoms. The second-order valence-corrected chi connectivity index (χ2v) is 9.68. The molecule has 0 radical (unpaired) electrons. The van der Waals surface area contributed by atoms with Gasteiger partial charge in [-0.2, -0.15) is 5.10 Å². The Bertz CT molecular complexity index is 1040. The molecule has 6 heteroatoms. The summed E-state index contributed by atoms with van der Waals surface area (Å²) in [6.45, 7) is 12.8. The first-order valence-corrected chi connectivity index (χ1v) is 10.4. The van der Waals surface area contributed by atoms with Gasteiger partial charge >= 0.3 is 6.03 Å². The molecule has 1 aromatic heterocycles. The standard InChI is InChI=1S/C25H32N4O2/c1-24(2,3)17-8-10-18(11-9-17)26-23(30)27-22-16-21(25(4,5)6)28-29(22)19-12-14-20(31-7)15-13-19/h8-16H,1-7H3,(H2,26,27,30). The van der Waals surface area contributed by atoms with E-state index < -0.39 is 0 Å². The van der Waals surface area contributed by atoms with Crippen LogP contribution < -0.4 is 15.4 Å². The van der Waals surface area contributed by atoms with Gasteiger partial charge in [0.25, 0.3) is 0 Å². The molecule has 0 aliphatic heterocycles. The van der Waals surface area contributed by atoms with Crippen LogP contribution in [0, 0.1) is 0 Å². The third-order valence-electron chi connectivity index (χ3n) is 5.05. The summed E-state index contributed by atoms with van der Waals surface area (Å²) in [5, 5.41) is 10.6. The van der Waals surface area contributed by atoms with Gasteiger partial charge in [0.1, 0.15) is 11.6 Å². The van der Waals surface area contributed by atoms with Crippen LogP contribution in [0.1, 0.15) is 52.8 Å². The van der Waals surface area contributed by atoms with E-state index in [2.05, 4.69) is 52.2 Å². The molecular weight excluding hydrogens is 388 g/mol. The lowest BCUT2D eigenvalue weighted by atomic mass is 9.87. The number of rotatable bonds is 4. The van der Waals surface area contributed by atoms with Crippen molar-refractivity contribution in [2.75, 3.05) is 17.7 Å². The Balaban J connectivity index is 1.83. The second kappa shape index (κ2) is 8.46. The highest BCUT2D eigenvalue weighted by molar-refractivity contribution is 5.99. The van der Waals surface area contributed by atoms with Crippen LogP contribution in [0.4, 0.5) is 16.3 Å². The third-order valence-corrected chi connectivity index (χ3v) is 5.05. The Hall–Kier alpha value is -3.28. The van der Waals surface area contributed by atoms with E-state index in [-0.39, 0.29) is 16.9 Å². The topological polar surface area (TPSA) is 68.2 Å². The van der Waals surface area contributed by atoms with Gasteiger partial charge in [-0.1, -0.05) is 53.7 Å². The number of ether oxygens (including phenoxy) is 1. The van der Waals surface area contributed by atoms with Crippen molar-refractivity contribution in [1.29, 1.82) is 0 Å². The molecular formula is C25H32N4O2. The van der Waals surface area contributed by atoms with Crippen molar-refractivity contribution in [3.05, 3.63) is 65.9 Å². The number of amides is 2. The number of benzene rings is 2. The van der Waals surface area contributed by atoms with Crippen LogP contribution in [0.5, 0.6) is 5.75 Å². The predicted molar refractivity (Wildman–Crippen MR) is 127 cm³/mol. The Morgan fingerprint density at radius 2 is 1.48 bits per heavy atom. The van der Waals surface area contributed by atoms with Gasteiger partial charge in [-0.15, -0.1) is 0 Å². The van der Waals surface area contributed by atoms with Crippen molar-refractivity contribution in [3.63, 3.8) is 0 Å². The highest BCUT2D eigenvalue weighted by Gasteiger charge is 2.22. The fourth-order valence-corrected chi connectivity index (χ4v) is 3.09. The summed E-state index contributed by atoms with van der Waals surface area (Å²) in [5.74, 6) is 1.36. The maximum atomic E-state index is 12.7. The fourth-order valence-electron chi connectivity index (χ4n) is 3.09. The van der Waals surface area contributed by atoms with Gasteiger partial charge in [-0.3, -0.25) is 5.32 Å². The van der Waals surface area contributed by atoms with Crippen LogP contribution >= 0.6 is 0 Å². The number of carbonyl (C=O) groups is 1. The van der Waals surface area contributed by atoms with Crippen LogP contribution in [-0.4, -0.2) is 22.9 Å². The Morgan fingerprint density at radius 1 is 0.871 bits per heavy atom. The molecule has 3 aromatic rings. The quantitative estimate of drug-likeness (QED) is 0.534. The van der Waals surface area contributed by atoms with Crippen molar-refractivity contribution in [3.8, 4) is 11.4 Å². The van der Waals surface area contributed by atoms with Crippen molar-refractivity contribution in [2.45, 2.75) is 52.4 Å². The lowest BCUT2D eigenvalue weighted by molar-refractivity contribution is 0.262. The minimum Gasteiger partial charge on any atom is -0.497 e. The number of nitrogens with zero attached hydrogens (tertiary/aromatic N) is 2. The molecule has 31 heavy (non-hydrogen) atoms. The Morgan fingerprint density at radius 3 is 2.00 bits per heavy atom. The minimum absolute atomic E-state index is 0.0645.